The molecule has 0 fully saturated rings. The fraction of sp³-hybridized carbons (Fsp3) is 0.160. The van der Waals surface area contributed by atoms with Crippen molar-refractivity contribution in [3.05, 3.63) is 87.9 Å². The Labute approximate surface area is 175 Å². The molecule has 4 rings (SSSR count). The Kier molecular flexibility index (Phi) is 5.27. The van der Waals surface area contributed by atoms with Crippen molar-refractivity contribution in [1.82, 2.24) is 0 Å². The first-order valence-corrected chi connectivity index (χ1v) is 9.98. The van der Waals surface area contributed by atoms with Gasteiger partial charge in [-0.25, -0.2) is 0 Å². The predicted octanol–water partition coefficient (Wildman–Crippen LogP) is 6.10. The summed E-state index contributed by atoms with van der Waals surface area (Å²) in [6.45, 7) is 3.82. The smallest absolute Gasteiger partial charge is 0.224 e. The number of rotatable bonds is 2. The molecule has 1 unspecified atom stereocenters. The van der Waals surface area contributed by atoms with Crippen molar-refractivity contribution in [2.75, 3.05) is 4.90 Å². The molecule has 0 aromatic heterocycles. The molecule has 0 spiro atoms. The highest BCUT2D eigenvalue weighted by Crippen LogP contribution is 2.34. The maximum absolute atomic E-state index is 12.5. The van der Waals surface area contributed by atoms with Gasteiger partial charge in [0.2, 0.25) is 5.91 Å². The first-order valence-electron chi connectivity index (χ1n) is 9.60. The maximum atomic E-state index is 12.5. The van der Waals surface area contributed by atoms with Gasteiger partial charge in [-0.05, 0) is 64.6 Å². The monoisotopic (exact) mass is 403 g/mol. The van der Waals surface area contributed by atoms with E-state index in [-0.39, 0.29) is 5.91 Å². The Morgan fingerprint density at radius 1 is 1.03 bits per heavy atom. The summed E-state index contributed by atoms with van der Waals surface area (Å²) in [5.74, 6) is -0.0235. The fourth-order valence-electron chi connectivity index (χ4n) is 3.82. The van der Waals surface area contributed by atoms with Crippen molar-refractivity contribution < 1.29 is 9.90 Å². The summed E-state index contributed by atoms with van der Waals surface area (Å²) < 4.78 is 0. The lowest BCUT2D eigenvalue weighted by atomic mass is 9.92. The van der Waals surface area contributed by atoms with Crippen LogP contribution in [0.4, 0.5) is 5.69 Å². The van der Waals surface area contributed by atoms with Crippen LogP contribution in [0.1, 0.15) is 42.2 Å². The summed E-state index contributed by atoms with van der Waals surface area (Å²) in [5, 5.41) is 10.8. The van der Waals surface area contributed by atoms with Crippen LogP contribution >= 0.6 is 11.6 Å². The third kappa shape index (κ3) is 3.84. The first-order chi connectivity index (χ1) is 13.9. The van der Waals surface area contributed by atoms with Gasteiger partial charge in [0.15, 0.2) is 0 Å². The maximum Gasteiger partial charge on any atom is 0.224 e. The Balaban J connectivity index is 1.85. The van der Waals surface area contributed by atoms with Crippen molar-refractivity contribution >= 4 is 35.3 Å². The van der Waals surface area contributed by atoms with E-state index >= 15 is 0 Å². The van der Waals surface area contributed by atoms with E-state index in [2.05, 4.69) is 24.3 Å². The van der Waals surface area contributed by atoms with Crippen molar-refractivity contribution in [3.8, 4) is 11.1 Å². The van der Waals surface area contributed by atoms with Gasteiger partial charge in [-0.2, -0.15) is 0 Å². The van der Waals surface area contributed by atoms with Crippen LogP contribution in [-0.2, 0) is 11.3 Å². The van der Waals surface area contributed by atoms with E-state index in [4.69, 9.17) is 11.6 Å². The molecule has 0 saturated carbocycles. The minimum atomic E-state index is -0.557. The van der Waals surface area contributed by atoms with Gasteiger partial charge >= 0.3 is 0 Å². The van der Waals surface area contributed by atoms with Crippen molar-refractivity contribution in [2.45, 2.75) is 26.5 Å². The molecule has 1 amide bonds. The number of aliphatic hydroxyl groups is 1. The van der Waals surface area contributed by atoms with Gasteiger partial charge in [-0.15, -0.1) is 0 Å². The summed E-state index contributed by atoms with van der Waals surface area (Å²) in [7, 11) is 0. The number of anilines is 1. The third-order valence-electron chi connectivity index (χ3n) is 5.30. The molecule has 3 aromatic carbocycles. The molecule has 0 saturated heterocycles. The minimum Gasteiger partial charge on any atom is -0.389 e. The Morgan fingerprint density at radius 2 is 1.79 bits per heavy atom. The van der Waals surface area contributed by atoms with Gasteiger partial charge in [0, 0.05) is 11.9 Å². The molecule has 4 heteroatoms. The van der Waals surface area contributed by atoms with Crippen molar-refractivity contribution in [3.63, 3.8) is 0 Å². The Bertz CT molecular complexity index is 1120. The molecule has 1 aliphatic heterocycles. The lowest BCUT2D eigenvalue weighted by Gasteiger charge is -2.26. The molecule has 0 radical (unpaired) electrons. The number of carbonyl (C=O) groups excluding carboxylic acids is 1. The zero-order valence-electron chi connectivity index (χ0n) is 16.4. The second-order valence-corrected chi connectivity index (χ2v) is 7.75. The SMILES string of the molecule is CC(=O)N1Cc2cc(-c3ccccc3C(C)O)ccc2C=Cc2cc(Cl)ccc21. The van der Waals surface area contributed by atoms with Crippen molar-refractivity contribution in [2.24, 2.45) is 0 Å². The van der Waals surface area contributed by atoms with E-state index in [1.165, 1.54) is 0 Å². The molecule has 1 atom stereocenters. The summed E-state index contributed by atoms with van der Waals surface area (Å²) in [5.41, 5.74) is 6.78. The number of fused-ring (bicyclic) bond motifs is 2. The Hall–Kier alpha value is -2.88. The van der Waals surface area contributed by atoms with Crippen LogP contribution in [-0.4, -0.2) is 11.0 Å². The molecule has 3 aromatic rings. The predicted molar refractivity (Wildman–Crippen MR) is 120 cm³/mol. The van der Waals surface area contributed by atoms with Crippen molar-refractivity contribution in [1.29, 1.82) is 0 Å². The van der Waals surface area contributed by atoms with Crippen LogP contribution < -0.4 is 4.90 Å². The largest absolute Gasteiger partial charge is 0.389 e. The van der Waals surface area contributed by atoms with Crippen LogP contribution in [0.2, 0.25) is 5.02 Å². The fourth-order valence-corrected chi connectivity index (χ4v) is 4.00. The van der Waals surface area contributed by atoms with Gasteiger partial charge in [0.25, 0.3) is 0 Å². The zero-order valence-corrected chi connectivity index (χ0v) is 17.1. The average molecular weight is 404 g/mol. The second kappa shape index (κ2) is 7.86. The van der Waals surface area contributed by atoms with Gasteiger partial charge < -0.3 is 10.0 Å². The minimum absolute atomic E-state index is 0.0235. The summed E-state index contributed by atoms with van der Waals surface area (Å²) in [6.07, 6.45) is 3.50. The van der Waals surface area contributed by atoms with Crippen LogP contribution in [0.3, 0.4) is 0 Å². The van der Waals surface area contributed by atoms with E-state index in [0.717, 1.165) is 39.1 Å². The van der Waals surface area contributed by atoms with E-state index in [9.17, 15) is 9.90 Å². The second-order valence-electron chi connectivity index (χ2n) is 7.32. The molecule has 29 heavy (non-hydrogen) atoms. The van der Waals surface area contributed by atoms with E-state index in [0.29, 0.717) is 11.6 Å². The topological polar surface area (TPSA) is 40.5 Å². The van der Waals surface area contributed by atoms with Gasteiger partial charge in [0.05, 0.1) is 18.3 Å². The van der Waals surface area contributed by atoms with E-state index in [1.54, 1.807) is 18.7 Å². The van der Waals surface area contributed by atoms with Gasteiger partial charge in [-0.3, -0.25) is 4.79 Å². The molecule has 1 aliphatic rings. The average Bonchev–Trinajstić information content (AvgIpc) is 2.69. The number of hydrogen-bond donors (Lipinski definition) is 1. The third-order valence-corrected chi connectivity index (χ3v) is 5.53. The molecule has 146 valence electrons. The summed E-state index contributed by atoms with van der Waals surface area (Å²) in [6, 6.07) is 19.7. The highest BCUT2D eigenvalue weighted by atomic mass is 35.5. The Morgan fingerprint density at radius 3 is 2.55 bits per heavy atom. The number of halogens is 1. The van der Waals surface area contributed by atoms with E-state index < -0.39 is 6.10 Å². The standard InChI is InChI=1S/C25H22ClNO2/c1-16(28)23-5-3-4-6-24(23)19-9-7-18-8-10-20-14-22(26)11-12-25(20)27(17(2)29)15-21(18)13-19/h3-14,16,28H,15H2,1-2H3. The molecule has 0 bridgehead atoms. The van der Waals surface area contributed by atoms with E-state index in [1.807, 2.05) is 48.5 Å². The van der Waals surface area contributed by atoms with Crippen LogP contribution in [0.25, 0.3) is 23.3 Å². The number of hydrogen-bond acceptors (Lipinski definition) is 2. The number of nitrogens with zero attached hydrogens (tertiary/aromatic N) is 1. The number of aliphatic hydroxyl groups excluding tert-OH is 1. The molecular formula is C25H22ClNO2. The molecular weight excluding hydrogens is 382 g/mol. The number of benzene rings is 3. The molecule has 1 N–H and O–H groups in total. The number of carbonyl (C=O) groups is 1. The lowest BCUT2D eigenvalue weighted by molar-refractivity contribution is -0.116. The van der Waals surface area contributed by atoms with Crippen LogP contribution in [0, 0.1) is 0 Å². The lowest BCUT2D eigenvalue weighted by Crippen LogP contribution is -2.29. The normalized spacial score (nSPS) is 13.9. The zero-order chi connectivity index (χ0) is 20.5. The van der Waals surface area contributed by atoms with Crippen LogP contribution in [0.5, 0.6) is 0 Å². The molecule has 1 heterocycles. The molecule has 3 nitrogen and oxygen atoms in total. The highest BCUT2D eigenvalue weighted by molar-refractivity contribution is 6.30. The highest BCUT2D eigenvalue weighted by Gasteiger charge is 2.19. The summed E-state index contributed by atoms with van der Waals surface area (Å²) in [4.78, 5) is 14.2. The molecule has 0 aliphatic carbocycles. The van der Waals surface area contributed by atoms with Crippen LogP contribution in [0.15, 0.2) is 60.7 Å². The summed E-state index contributed by atoms with van der Waals surface area (Å²) >= 11 is 6.17. The van der Waals surface area contributed by atoms with Gasteiger partial charge in [-0.1, -0.05) is 60.2 Å². The van der Waals surface area contributed by atoms with Gasteiger partial charge in [0.1, 0.15) is 0 Å². The quantitative estimate of drug-likeness (QED) is 0.561. The first kappa shape index (κ1) is 19.4. The number of amides is 1.